The number of rotatable bonds is 4. The summed E-state index contributed by atoms with van der Waals surface area (Å²) in [6.07, 6.45) is 1.76. The number of hydrogen-bond donors (Lipinski definition) is 1. The van der Waals surface area contributed by atoms with Crippen LogP contribution in [0.4, 0.5) is 0 Å². The molecule has 1 N–H and O–H groups in total. The summed E-state index contributed by atoms with van der Waals surface area (Å²) in [5, 5.41) is 10.0. The molecule has 3 rings (SSSR count). The molecule has 24 heavy (non-hydrogen) atoms. The van der Waals surface area contributed by atoms with Crippen LogP contribution >= 0.6 is 23.4 Å². The average Bonchev–Trinajstić information content (AvgIpc) is 3.07. The highest BCUT2D eigenvalue weighted by molar-refractivity contribution is 8.00. The largest absolute Gasteiger partial charge is 0.475 e. The number of halogens is 1. The Morgan fingerprint density at radius 1 is 1.08 bits per heavy atom. The average molecular weight is 366 g/mol. The smallest absolute Gasteiger partial charge is 0.371 e. The van der Waals surface area contributed by atoms with E-state index in [1.165, 1.54) is 17.0 Å². The Balaban J connectivity index is 1.55. The number of carboxylic acids is 1. The Morgan fingerprint density at radius 2 is 1.71 bits per heavy atom. The lowest BCUT2D eigenvalue weighted by atomic mass is 10.1. The molecule has 0 saturated carbocycles. The van der Waals surface area contributed by atoms with Gasteiger partial charge in [-0.05, 0) is 49.2 Å². The maximum absolute atomic E-state index is 12.4. The molecule has 0 bridgehead atoms. The minimum absolute atomic E-state index is 0.0798. The quantitative estimate of drug-likeness (QED) is 0.885. The summed E-state index contributed by atoms with van der Waals surface area (Å²) in [6, 6.07) is 10.5. The summed E-state index contributed by atoms with van der Waals surface area (Å²) in [6.45, 7) is 1.26. The van der Waals surface area contributed by atoms with E-state index in [0.717, 1.165) is 17.9 Å². The van der Waals surface area contributed by atoms with Crippen LogP contribution in [0.1, 0.15) is 34.0 Å². The van der Waals surface area contributed by atoms with E-state index in [0.29, 0.717) is 18.3 Å². The monoisotopic (exact) mass is 365 g/mol. The van der Waals surface area contributed by atoms with Crippen molar-refractivity contribution in [3.05, 3.63) is 52.9 Å². The molecule has 1 aromatic heterocycles. The number of carbonyl (C=O) groups excluding carboxylic acids is 1. The Bertz CT molecular complexity index is 735. The van der Waals surface area contributed by atoms with E-state index in [2.05, 4.69) is 0 Å². The van der Waals surface area contributed by atoms with E-state index in [9.17, 15) is 9.59 Å². The molecule has 1 aliphatic heterocycles. The van der Waals surface area contributed by atoms with E-state index in [1.807, 2.05) is 24.3 Å². The first-order valence-electron chi connectivity index (χ1n) is 7.57. The van der Waals surface area contributed by atoms with Crippen molar-refractivity contribution in [2.75, 3.05) is 13.1 Å². The van der Waals surface area contributed by atoms with Crippen molar-refractivity contribution < 1.29 is 19.1 Å². The van der Waals surface area contributed by atoms with E-state index >= 15 is 0 Å². The van der Waals surface area contributed by atoms with Crippen molar-refractivity contribution in [3.63, 3.8) is 0 Å². The van der Waals surface area contributed by atoms with Gasteiger partial charge in [-0.3, -0.25) is 4.79 Å². The number of carbonyl (C=O) groups is 2. The Kier molecular flexibility index (Phi) is 5.16. The lowest BCUT2D eigenvalue weighted by Crippen LogP contribution is -2.39. The van der Waals surface area contributed by atoms with Gasteiger partial charge in [0.2, 0.25) is 5.76 Å². The minimum Gasteiger partial charge on any atom is -0.475 e. The van der Waals surface area contributed by atoms with Gasteiger partial charge >= 0.3 is 5.97 Å². The first kappa shape index (κ1) is 16.9. The maximum Gasteiger partial charge on any atom is 0.371 e. The van der Waals surface area contributed by atoms with Gasteiger partial charge in [-0.15, -0.1) is 11.8 Å². The Morgan fingerprint density at radius 3 is 2.29 bits per heavy atom. The number of hydrogen-bond acceptors (Lipinski definition) is 4. The van der Waals surface area contributed by atoms with E-state index in [1.54, 1.807) is 16.7 Å². The standard InChI is InChI=1S/C17H16ClNO4S/c18-11-1-3-12(4-2-11)24-13-7-9-19(10-8-13)16(20)14-5-6-15(23-14)17(21)22/h1-6,13H,7-10H2,(H,21,22). The Labute approximate surface area is 148 Å². The molecule has 0 unspecified atom stereocenters. The first-order valence-corrected chi connectivity index (χ1v) is 8.83. The van der Waals surface area contributed by atoms with E-state index < -0.39 is 5.97 Å². The van der Waals surface area contributed by atoms with Crippen molar-refractivity contribution >= 4 is 35.2 Å². The van der Waals surface area contributed by atoms with Gasteiger partial charge in [-0.2, -0.15) is 0 Å². The minimum atomic E-state index is -1.17. The van der Waals surface area contributed by atoms with Gasteiger partial charge in [0.05, 0.1) is 0 Å². The molecule has 0 spiro atoms. The molecular formula is C17H16ClNO4S. The molecule has 2 aromatic rings. The maximum atomic E-state index is 12.4. The molecule has 2 heterocycles. The van der Waals surface area contributed by atoms with Crippen LogP contribution in [-0.2, 0) is 0 Å². The lowest BCUT2D eigenvalue weighted by Gasteiger charge is -2.31. The van der Waals surface area contributed by atoms with Gasteiger partial charge in [0, 0.05) is 28.3 Å². The molecule has 7 heteroatoms. The highest BCUT2D eigenvalue weighted by atomic mass is 35.5. The normalized spacial score (nSPS) is 15.5. The fraction of sp³-hybridized carbons (Fsp3) is 0.294. The van der Waals surface area contributed by atoms with Crippen LogP contribution in [0.25, 0.3) is 0 Å². The van der Waals surface area contributed by atoms with Gasteiger partial charge in [-0.1, -0.05) is 11.6 Å². The first-order chi connectivity index (χ1) is 11.5. The molecule has 5 nitrogen and oxygen atoms in total. The molecule has 0 atom stereocenters. The number of amides is 1. The number of carboxylic acid groups (broad SMARTS) is 1. The third-order valence-electron chi connectivity index (χ3n) is 3.87. The number of aromatic carboxylic acids is 1. The van der Waals surface area contributed by atoms with Crippen molar-refractivity contribution in [1.29, 1.82) is 0 Å². The molecule has 126 valence electrons. The summed E-state index contributed by atoms with van der Waals surface area (Å²) in [5.74, 6) is -1.56. The van der Waals surface area contributed by atoms with Crippen LogP contribution < -0.4 is 0 Å². The van der Waals surface area contributed by atoms with Crippen LogP contribution in [0.3, 0.4) is 0 Å². The van der Waals surface area contributed by atoms with Gasteiger partial charge in [0.15, 0.2) is 5.76 Å². The molecule has 0 aliphatic carbocycles. The van der Waals surface area contributed by atoms with Gasteiger partial charge in [0.25, 0.3) is 5.91 Å². The van der Waals surface area contributed by atoms with Crippen LogP contribution in [0, 0.1) is 0 Å². The number of piperidine rings is 1. The number of thioether (sulfide) groups is 1. The zero-order valence-corrected chi connectivity index (χ0v) is 14.3. The Hall–Kier alpha value is -1.92. The molecule has 0 radical (unpaired) electrons. The summed E-state index contributed by atoms with van der Waals surface area (Å²) in [7, 11) is 0. The van der Waals surface area contributed by atoms with Crippen LogP contribution in [0.5, 0.6) is 0 Å². The number of likely N-dealkylation sites (tertiary alicyclic amines) is 1. The fourth-order valence-electron chi connectivity index (χ4n) is 2.61. The fourth-order valence-corrected chi connectivity index (χ4v) is 3.86. The zero-order chi connectivity index (χ0) is 17.1. The van der Waals surface area contributed by atoms with Gasteiger partial charge < -0.3 is 14.4 Å². The summed E-state index contributed by atoms with van der Waals surface area (Å²) in [4.78, 5) is 26.1. The zero-order valence-electron chi connectivity index (χ0n) is 12.8. The van der Waals surface area contributed by atoms with Gasteiger partial charge in [0.1, 0.15) is 0 Å². The van der Waals surface area contributed by atoms with Gasteiger partial charge in [-0.25, -0.2) is 4.79 Å². The molecule has 1 saturated heterocycles. The molecule has 1 fully saturated rings. The van der Waals surface area contributed by atoms with Crippen molar-refractivity contribution in [1.82, 2.24) is 4.90 Å². The highest BCUT2D eigenvalue weighted by Gasteiger charge is 2.26. The van der Waals surface area contributed by atoms with Crippen LogP contribution in [0.2, 0.25) is 5.02 Å². The predicted octanol–water partition coefficient (Wildman–Crippen LogP) is 4.03. The van der Waals surface area contributed by atoms with Crippen molar-refractivity contribution in [2.24, 2.45) is 0 Å². The van der Waals surface area contributed by atoms with E-state index in [4.69, 9.17) is 21.1 Å². The van der Waals surface area contributed by atoms with Crippen molar-refractivity contribution in [2.45, 2.75) is 23.0 Å². The molecule has 1 aliphatic rings. The van der Waals surface area contributed by atoms with Crippen LogP contribution in [-0.4, -0.2) is 40.2 Å². The lowest BCUT2D eigenvalue weighted by molar-refractivity contribution is 0.0643. The SMILES string of the molecule is O=C(O)c1ccc(C(=O)N2CCC(Sc3ccc(Cl)cc3)CC2)o1. The highest BCUT2D eigenvalue weighted by Crippen LogP contribution is 2.31. The summed E-state index contributed by atoms with van der Waals surface area (Å²) < 4.78 is 5.09. The summed E-state index contributed by atoms with van der Waals surface area (Å²) in [5.41, 5.74) is 0. The van der Waals surface area contributed by atoms with Crippen molar-refractivity contribution in [3.8, 4) is 0 Å². The molecular weight excluding hydrogens is 350 g/mol. The third-order valence-corrected chi connectivity index (χ3v) is 5.47. The van der Waals surface area contributed by atoms with E-state index in [-0.39, 0.29) is 17.4 Å². The number of furan rings is 1. The second-order valence-corrected chi connectivity index (χ2v) is 7.34. The third kappa shape index (κ3) is 3.94. The summed E-state index contributed by atoms with van der Waals surface area (Å²) >= 11 is 7.68. The molecule has 1 aromatic carbocycles. The number of nitrogens with zero attached hydrogens (tertiary/aromatic N) is 1. The number of benzene rings is 1. The second-order valence-electron chi connectivity index (χ2n) is 5.53. The topological polar surface area (TPSA) is 70.8 Å². The van der Waals surface area contributed by atoms with Crippen LogP contribution in [0.15, 0.2) is 45.7 Å². The second kappa shape index (κ2) is 7.32. The molecule has 1 amide bonds. The predicted molar refractivity (Wildman–Crippen MR) is 91.9 cm³/mol.